The minimum absolute atomic E-state index is 0.0767. The summed E-state index contributed by atoms with van der Waals surface area (Å²) in [7, 11) is -0.940. The van der Waals surface area contributed by atoms with Crippen LogP contribution >= 0.6 is 11.6 Å². The molecule has 0 spiro atoms. The number of nitrogens with one attached hydrogen (secondary N) is 1. The fourth-order valence-corrected chi connectivity index (χ4v) is 3.03. The van der Waals surface area contributed by atoms with Crippen LogP contribution in [0, 0.1) is 5.82 Å². The van der Waals surface area contributed by atoms with E-state index in [0.717, 1.165) is 5.56 Å². The first-order chi connectivity index (χ1) is 10.1. The standard InChI is InChI=1S/C16H17ClFNOS/c1-21(20)11-16(12-5-3-2-4-6-12)19-10-13-7-8-14(17)9-15(13)18/h2-9,16,19H,10-11H2,1H3/t16-,21+/m0/s1. The fourth-order valence-electron chi connectivity index (χ4n) is 2.09. The number of halogens is 2. The summed E-state index contributed by atoms with van der Waals surface area (Å²) in [6.07, 6.45) is 1.67. The van der Waals surface area contributed by atoms with Gasteiger partial charge in [0.2, 0.25) is 0 Å². The molecule has 0 radical (unpaired) electrons. The smallest absolute Gasteiger partial charge is 0.129 e. The SMILES string of the molecule is C[S@@](=O)C[C@H](NCc1ccc(Cl)cc1F)c1ccccc1. The van der Waals surface area contributed by atoms with Crippen molar-refractivity contribution in [1.82, 2.24) is 5.32 Å². The molecule has 2 rings (SSSR count). The Morgan fingerprint density at radius 2 is 1.95 bits per heavy atom. The summed E-state index contributed by atoms with van der Waals surface area (Å²) >= 11 is 5.74. The van der Waals surface area contributed by atoms with Crippen molar-refractivity contribution in [2.75, 3.05) is 12.0 Å². The first-order valence-electron chi connectivity index (χ1n) is 6.58. The van der Waals surface area contributed by atoms with Gasteiger partial charge >= 0.3 is 0 Å². The molecule has 2 atom stereocenters. The third-order valence-corrected chi connectivity index (χ3v) is 4.20. The second-order valence-electron chi connectivity index (χ2n) is 4.82. The van der Waals surface area contributed by atoms with E-state index < -0.39 is 10.8 Å². The highest BCUT2D eigenvalue weighted by atomic mass is 35.5. The lowest BCUT2D eigenvalue weighted by atomic mass is 10.1. The van der Waals surface area contributed by atoms with Gasteiger partial charge in [0.25, 0.3) is 0 Å². The number of benzene rings is 2. The zero-order chi connectivity index (χ0) is 15.2. The van der Waals surface area contributed by atoms with Crippen LogP contribution in [-0.4, -0.2) is 16.2 Å². The number of rotatable bonds is 6. The maximum absolute atomic E-state index is 13.8. The van der Waals surface area contributed by atoms with Crippen LogP contribution in [0.1, 0.15) is 17.2 Å². The van der Waals surface area contributed by atoms with Gasteiger partial charge in [-0.25, -0.2) is 4.39 Å². The third kappa shape index (κ3) is 4.92. The van der Waals surface area contributed by atoms with Crippen LogP contribution in [0.15, 0.2) is 48.5 Å². The molecule has 2 aromatic rings. The van der Waals surface area contributed by atoms with E-state index in [2.05, 4.69) is 5.32 Å². The molecule has 0 aliphatic heterocycles. The van der Waals surface area contributed by atoms with Gasteiger partial charge in [-0.05, 0) is 17.7 Å². The molecule has 2 nitrogen and oxygen atoms in total. The van der Waals surface area contributed by atoms with Gasteiger partial charge in [0.15, 0.2) is 0 Å². The molecule has 0 unspecified atom stereocenters. The van der Waals surface area contributed by atoms with Crippen LogP contribution in [0.5, 0.6) is 0 Å². The molecule has 0 aliphatic carbocycles. The third-order valence-electron chi connectivity index (χ3n) is 3.16. The molecule has 2 aromatic carbocycles. The van der Waals surface area contributed by atoms with Crippen LogP contribution in [0.25, 0.3) is 0 Å². The maximum Gasteiger partial charge on any atom is 0.129 e. The highest BCUT2D eigenvalue weighted by Crippen LogP contribution is 2.18. The lowest BCUT2D eigenvalue weighted by Crippen LogP contribution is -2.26. The summed E-state index contributed by atoms with van der Waals surface area (Å²) in [5.74, 6) is 0.151. The molecular formula is C16H17ClFNOS. The van der Waals surface area contributed by atoms with Crippen molar-refractivity contribution >= 4 is 22.4 Å². The second kappa shape index (κ2) is 7.69. The largest absolute Gasteiger partial charge is 0.305 e. The van der Waals surface area contributed by atoms with Crippen LogP contribution in [0.3, 0.4) is 0 Å². The van der Waals surface area contributed by atoms with Gasteiger partial charge in [0.1, 0.15) is 5.82 Å². The molecule has 0 amide bonds. The van der Waals surface area contributed by atoms with Crippen molar-refractivity contribution in [3.63, 3.8) is 0 Å². The summed E-state index contributed by atoms with van der Waals surface area (Å²) in [6.45, 7) is 0.361. The molecule has 0 heterocycles. The first-order valence-corrected chi connectivity index (χ1v) is 8.69. The van der Waals surface area contributed by atoms with Crippen molar-refractivity contribution in [3.8, 4) is 0 Å². The fraction of sp³-hybridized carbons (Fsp3) is 0.250. The zero-order valence-electron chi connectivity index (χ0n) is 11.7. The quantitative estimate of drug-likeness (QED) is 0.877. The van der Waals surface area contributed by atoms with Crippen LogP contribution < -0.4 is 5.32 Å². The van der Waals surface area contributed by atoms with Gasteiger partial charge in [0, 0.05) is 46.0 Å². The van der Waals surface area contributed by atoms with Crippen LogP contribution in [-0.2, 0) is 17.3 Å². The molecule has 0 fully saturated rings. The molecule has 0 saturated carbocycles. The Hall–Kier alpha value is -1.23. The Morgan fingerprint density at radius 3 is 2.57 bits per heavy atom. The molecule has 21 heavy (non-hydrogen) atoms. The highest BCUT2D eigenvalue weighted by molar-refractivity contribution is 7.84. The Balaban J connectivity index is 2.10. The number of hydrogen-bond acceptors (Lipinski definition) is 2. The normalized spacial score (nSPS) is 13.9. The van der Waals surface area contributed by atoms with Crippen molar-refractivity contribution in [1.29, 1.82) is 0 Å². The molecule has 1 N–H and O–H groups in total. The van der Waals surface area contributed by atoms with Crippen molar-refractivity contribution < 1.29 is 8.60 Å². The Labute approximate surface area is 131 Å². The summed E-state index contributed by atoms with van der Waals surface area (Å²) in [4.78, 5) is 0. The molecule has 0 bridgehead atoms. The van der Waals surface area contributed by atoms with Gasteiger partial charge in [-0.1, -0.05) is 48.0 Å². The highest BCUT2D eigenvalue weighted by Gasteiger charge is 2.13. The van der Waals surface area contributed by atoms with E-state index in [0.29, 0.717) is 22.9 Å². The van der Waals surface area contributed by atoms with E-state index in [9.17, 15) is 8.60 Å². The molecule has 0 aliphatic rings. The molecule has 0 saturated heterocycles. The molecule has 112 valence electrons. The van der Waals surface area contributed by atoms with Gasteiger partial charge in [-0.3, -0.25) is 4.21 Å². The minimum atomic E-state index is -0.940. The average Bonchev–Trinajstić information content (AvgIpc) is 2.45. The van der Waals surface area contributed by atoms with Gasteiger partial charge in [-0.2, -0.15) is 0 Å². The maximum atomic E-state index is 13.8. The molecule has 0 aromatic heterocycles. The minimum Gasteiger partial charge on any atom is -0.305 e. The Morgan fingerprint density at radius 1 is 1.24 bits per heavy atom. The van der Waals surface area contributed by atoms with Gasteiger partial charge in [-0.15, -0.1) is 0 Å². The van der Waals surface area contributed by atoms with Crippen LogP contribution in [0.2, 0.25) is 5.02 Å². The molecular weight excluding hydrogens is 309 g/mol. The van der Waals surface area contributed by atoms with E-state index in [4.69, 9.17) is 11.6 Å². The number of hydrogen-bond donors (Lipinski definition) is 1. The summed E-state index contributed by atoms with van der Waals surface area (Å²) in [6, 6.07) is 14.3. The van der Waals surface area contributed by atoms with Crippen LogP contribution in [0.4, 0.5) is 4.39 Å². The van der Waals surface area contributed by atoms with E-state index in [1.807, 2.05) is 30.3 Å². The lowest BCUT2D eigenvalue weighted by Gasteiger charge is -2.18. The van der Waals surface area contributed by atoms with Crippen molar-refractivity contribution in [2.45, 2.75) is 12.6 Å². The first kappa shape index (κ1) is 16.1. The Bertz CT molecular complexity index is 621. The predicted octanol–water partition coefficient (Wildman–Crippen LogP) is 3.69. The van der Waals surface area contributed by atoms with E-state index in [1.54, 1.807) is 18.4 Å². The lowest BCUT2D eigenvalue weighted by molar-refractivity contribution is 0.545. The van der Waals surface area contributed by atoms with Gasteiger partial charge < -0.3 is 5.32 Å². The zero-order valence-corrected chi connectivity index (χ0v) is 13.3. The summed E-state index contributed by atoms with van der Waals surface area (Å²) < 4.78 is 25.3. The predicted molar refractivity (Wildman–Crippen MR) is 86.4 cm³/mol. The van der Waals surface area contributed by atoms with Crippen molar-refractivity contribution in [2.24, 2.45) is 0 Å². The molecule has 5 heteroatoms. The summed E-state index contributed by atoms with van der Waals surface area (Å²) in [5, 5.41) is 3.65. The van der Waals surface area contributed by atoms with E-state index >= 15 is 0 Å². The second-order valence-corrected chi connectivity index (χ2v) is 6.74. The van der Waals surface area contributed by atoms with Gasteiger partial charge in [0.05, 0.1) is 0 Å². The van der Waals surface area contributed by atoms with Crippen molar-refractivity contribution in [3.05, 3.63) is 70.5 Å². The average molecular weight is 326 g/mol. The summed E-state index contributed by atoms with van der Waals surface area (Å²) in [5.41, 5.74) is 1.59. The topological polar surface area (TPSA) is 29.1 Å². The monoisotopic (exact) mass is 325 g/mol. The van der Waals surface area contributed by atoms with E-state index in [1.165, 1.54) is 6.07 Å². The van der Waals surface area contributed by atoms with E-state index in [-0.39, 0.29) is 11.9 Å². The Kier molecular flexibility index (Phi) is 5.91.